The molecule has 2 aliphatic rings. The Bertz CT molecular complexity index is 529. The van der Waals surface area contributed by atoms with Crippen molar-refractivity contribution >= 4 is 17.6 Å². The fourth-order valence-corrected chi connectivity index (χ4v) is 3.66. The summed E-state index contributed by atoms with van der Waals surface area (Å²) in [6.07, 6.45) is 0.525. The second kappa shape index (κ2) is 5.79. The van der Waals surface area contributed by atoms with E-state index in [-0.39, 0.29) is 12.1 Å². The standard InChI is InChI=1S/C15H23N3O3S/c1-14(2,3)21-13(19)18-7-5-15(10-18)12(16-6-8-20-15)11-4-9-22-17-11/h4,9,12,16H,5-8,10H2,1-3H3. The molecule has 22 heavy (non-hydrogen) atoms. The van der Waals surface area contributed by atoms with Crippen LogP contribution in [0.5, 0.6) is 0 Å². The maximum Gasteiger partial charge on any atom is 0.410 e. The number of amides is 1. The summed E-state index contributed by atoms with van der Waals surface area (Å²) in [7, 11) is 0. The highest BCUT2D eigenvalue weighted by Gasteiger charge is 2.50. The highest BCUT2D eigenvalue weighted by molar-refractivity contribution is 7.03. The summed E-state index contributed by atoms with van der Waals surface area (Å²) in [5.41, 5.74) is 0.117. The third-order valence-corrected chi connectivity index (χ3v) is 4.61. The predicted octanol–water partition coefficient (Wildman–Crippen LogP) is 2.18. The molecule has 2 fully saturated rings. The topological polar surface area (TPSA) is 63.7 Å². The average Bonchev–Trinajstić information content (AvgIpc) is 3.08. The molecule has 2 atom stereocenters. The molecule has 3 heterocycles. The first-order valence-corrected chi connectivity index (χ1v) is 8.49. The minimum Gasteiger partial charge on any atom is -0.444 e. The van der Waals surface area contributed by atoms with Crippen LogP contribution in [-0.4, -0.2) is 52.8 Å². The molecular weight excluding hydrogens is 302 g/mol. The predicted molar refractivity (Wildman–Crippen MR) is 84.0 cm³/mol. The molecule has 2 aliphatic heterocycles. The van der Waals surface area contributed by atoms with Crippen LogP contribution in [0.4, 0.5) is 4.79 Å². The van der Waals surface area contributed by atoms with E-state index in [2.05, 4.69) is 9.69 Å². The maximum absolute atomic E-state index is 12.3. The van der Waals surface area contributed by atoms with Crippen LogP contribution in [0.25, 0.3) is 0 Å². The Labute approximate surface area is 134 Å². The highest BCUT2D eigenvalue weighted by atomic mass is 32.1. The highest BCUT2D eigenvalue weighted by Crippen LogP contribution is 2.39. The maximum atomic E-state index is 12.3. The normalized spacial score (nSPS) is 29.0. The van der Waals surface area contributed by atoms with Crippen molar-refractivity contribution in [2.75, 3.05) is 26.2 Å². The van der Waals surface area contributed by atoms with Gasteiger partial charge in [0.25, 0.3) is 0 Å². The van der Waals surface area contributed by atoms with E-state index in [1.54, 1.807) is 4.90 Å². The molecule has 7 heteroatoms. The van der Waals surface area contributed by atoms with Gasteiger partial charge in [-0.25, -0.2) is 4.79 Å². The molecule has 3 rings (SSSR count). The van der Waals surface area contributed by atoms with E-state index in [1.165, 1.54) is 11.5 Å². The number of aromatic nitrogens is 1. The van der Waals surface area contributed by atoms with E-state index in [1.807, 2.05) is 32.2 Å². The minimum absolute atomic E-state index is 0.0277. The van der Waals surface area contributed by atoms with Crippen LogP contribution in [0.1, 0.15) is 38.9 Å². The Morgan fingerprint density at radius 1 is 1.59 bits per heavy atom. The van der Waals surface area contributed by atoms with Gasteiger partial charge in [0.1, 0.15) is 11.2 Å². The lowest BCUT2D eigenvalue weighted by Gasteiger charge is -2.41. The zero-order chi connectivity index (χ0) is 15.8. The Morgan fingerprint density at radius 3 is 3.09 bits per heavy atom. The van der Waals surface area contributed by atoms with E-state index in [0.717, 1.165) is 18.7 Å². The van der Waals surface area contributed by atoms with Gasteiger partial charge < -0.3 is 19.7 Å². The van der Waals surface area contributed by atoms with Crippen LogP contribution in [0.3, 0.4) is 0 Å². The summed E-state index contributed by atoms with van der Waals surface area (Å²) >= 11 is 1.44. The number of ether oxygens (including phenoxy) is 2. The van der Waals surface area contributed by atoms with E-state index in [9.17, 15) is 4.79 Å². The van der Waals surface area contributed by atoms with E-state index < -0.39 is 11.2 Å². The molecular formula is C15H23N3O3S. The van der Waals surface area contributed by atoms with Crippen molar-refractivity contribution in [2.45, 2.75) is 44.4 Å². The smallest absolute Gasteiger partial charge is 0.410 e. The number of morpholine rings is 1. The molecule has 6 nitrogen and oxygen atoms in total. The second-order valence-corrected chi connectivity index (χ2v) is 7.54. The third kappa shape index (κ3) is 3.11. The van der Waals surface area contributed by atoms with Crippen molar-refractivity contribution in [2.24, 2.45) is 0 Å². The molecule has 2 unspecified atom stereocenters. The third-order valence-electron chi connectivity index (χ3n) is 4.03. The van der Waals surface area contributed by atoms with E-state index in [0.29, 0.717) is 19.7 Å². The van der Waals surface area contributed by atoms with E-state index in [4.69, 9.17) is 9.47 Å². The Hall–Kier alpha value is -1.18. The summed E-state index contributed by atoms with van der Waals surface area (Å²) in [5.74, 6) is 0. The first kappa shape index (κ1) is 15.7. The Morgan fingerprint density at radius 2 is 2.41 bits per heavy atom. The van der Waals surface area contributed by atoms with Gasteiger partial charge in [-0.3, -0.25) is 0 Å². The van der Waals surface area contributed by atoms with Crippen LogP contribution in [-0.2, 0) is 9.47 Å². The molecule has 0 radical (unpaired) electrons. The van der Waals surface area contributed by atoms with Gasteiger partial charge in [-0.1, -0.05) is 0 Å². The van der Waals surface area contributed by atoms with Crippen LogP contribution >= 0.6 is 11.5 Å². The average molecular weight is 325 g/mol. The molecule has 0 saturated carbocycles. The van der Waals surface area contributed by atoms with Crippen molar-refractivity contribution in [3.05, 3.63) is 17.1 Å². The molecule has 122 valence electrons. The Balaban J connectivity index is 1.74. The number of carbonyl (C=O) groups excluding carboxylic acids is 1. The van der Waals surface area contributed by atoms with Crippen LogP contribution in [0.2, 0.25) is 0 Å². The summed E-state index contributed by atoms with van der Waals surface area (Å²) < 4.78 is 16.1. The van der Waals surface area contributed by atoms with Crippen LogP contribution in [0, 0.1) is 0 Å². The van der Waals surface area contributed by atoms with Gasteiger partial charge in [-0.15, -0.1) is 0 Å². The molecule has 1 aromatic rings. The minimum atomic E-state index is -0.479. The van der Waals surface area contributed by atoms with Gasteiger partial charge in [-0.05, 0) is 44.8 Å². The summed E-state index contributed by atoms with van der Waals surface area (Å²) in [6.45, 7) is 8.29. The monoisotopic (exact) mass is 325 g/mol. The molecule has 1 spiro atoms. The number of nitrogens with zero attached hydrogens (tertiary/aromatic N) is 2. The number of likely N-dealkylation sites (tertiary alicyclic amines) is 1. The quantitative estimate of drug-likeness (QED) is 0.857. The van der Waals surface area contributed by atoms with Crippen molar-refractivity contribution in [1.29, 1.82) is 0 Å². The number of carbonyl (C=O) groups is 1. The molecule has 1 aromatic heterocycles. The molecule has 1 N–H and O–H groups in total. The molecule has 1 amide bonds. The van der Waals surface area contributed by atoms with Gasteiger partial charge in [0.2, 0.25) is 0 Å². The SMILES string of the molecule is CC(C)(C)OC(=O)N1CCC2(C1)OCCNC2c1ccsn1. The summed E-state index contributed by atoms with van der Waals surface area (Å²) in [4.78, 5) is 14.0. The lowest BCUT2D eigenvalue weighted by molar-refractivity contribution is -0.0909. The largest absolute Gasteiger partial charge is 0.444 e. The molecule has 0 bridgehead atoms. The first-order valence-electron chi connectivity index (χ1n) is 7.65. The Kier molecular flexibility index (Phi) is 4.13. The summed E-state index contributed by atoms with van der Waals surface area (Å²) in [6, 6.07) is 2.05. The lowest BCUT2D eigenvalue weighted by Crippen LogP contribution is -2.54. The number of nitrogens with one attached hydrogen (secondary N) is 1. The fourth-order valence-electron chi connectivity index (χ4n) is 3.11. The number of hydrogen-bond acceptors (Lipinski definition) is 6. The van der Waals surface area contributed by atoms with Gasteiger partial charge in [0, 0.05) is 18.5 Å². The first-order chi connectivity index (χ1) is 10.4. The molecule has 0 aliphatic carbocycles. The van der Waals surface area contributed by atoms with Gasteiger partial charge in [0.15, 0.2) is 0 Å². The van der Waals surface area contributed by atoms with Crippen LogP contribution in [0.15, 0.2) is 11.4 Å². The summed E-state index contributed by atoms with van der Waals surface area (Å²) in [5, 5.41) is 5.47. The molecule has 0 aromatic carbocycles. The number of rotatable bonds is 1. The van der Waals surface area contributed by atoms with Crippen molar-refractivity contribution in [3.63, 3.8) is 0 Å². The van der Waals surface area contributed by atoms with E-state index >= 15 is 0 Å². The lowest BCUT2D eigenvalue weighted by atomic mass is 9.89. The number of hydrogen-bond donors (Lipinski definition) is 1. The zero-order valence-electron chi connectivity index (χ0n) is 13.3. The second-order valence-electron chi connectivity index (χ2n) is 6.88. The van der Waals surface area contributed by atoms with Gasteiger partial charge in [-0.2, -0.15) is 4.37 Å². The zero-order valence-corrected chi connectivity index (χ0v) is 14.1. The fraction of sp³-hybridized carbons (Fsp3) is 0.733. The molecule has 2 saturated heterocycles. The van der Waals surface area contributed by atoms with Crippen molar-refractivity contribution in [3.8, 4) is 0 Å². The van der Waals surface area contributed by atoms with Gasteiger partial charge >= 0.3 is 6.09 Å². The van der Waals surface area contributed by atoms with Crippen molar-refractivity contribution in [1.82, 2.24) is 14.6 Å². The van der Waals surface area contributed by atoms with Crippen LogP contribution < -0.4 is 5.32 Å². The van der Waals surface area contributed by atoms with Crippen molar-refractivity contribution < 1.29 is 14.3 Å². The van der Waals surface area contributed by atoms with Gasteiger partial charge in [0.05, 0.1) is 24.9 Å².